The van der Waals surface area contributed by atoms with Crippen molar-refractivity contribution in [3.8, 4) is 33.4 Å². The van der Waals surface area contributed by atoms with Gasteiger partial charge in [0.25, 0.3) is 0 Å². The van der Waals surface area contributed by atoms with E-state index in [1.165, 1.54) is 75.1 Å². The highest BCUT2D eigenvalue weighted by molar-refractivity contribution is 7.25. The molecule has 0 atom stereocenters. The van der Waals surface area contributed by atoms with Crippen LogP contribution in [0.15, 0.2) is 200 Å². The molecule has 0 saturated carbocycles. The second-order valence-electron chi connectivity index (χ2n) is 13.3. The van der Waals surface area contributed by atoms with Crippen LogP contribution in [0.25, 0.3) is 75.1 Å². The Morgan fingerprint density at radius 1 is 0.308 bits per heavy atom. The van der Waals surface area contributed by atoms with Gasteiger partial charge >= 0.3 is 0 Å². The number of fused-ring (bicyclic) bond motifs is 5. The van der Waals surface area contributed by atoms with Crippen LogP contribution in [0, 0.1) is 0 Å². The van der Waals surface area contributed by atoms with Crippen molar-refractivity contribution in [2.45, 2.75) is 0 Å². The van der Waals surface area contributed by atoms with E-state index in [9.17, 15) is 0 Å². The Morgan fingerprint density at radius 2 is 0.865 bits per heavy atom. The number of nitrogens with zero attached hydrogens (tertiary/aromatic N) is 1. The molecule has 10 rings (SSSR count). The van der Waals surface area contributed by atoms with E-state index in [1.807, 2.05) is 11.3 Å². The molecule has 1 nitrogen and oxygen atoms in total. The molecule has 0 aliphatic heterocycles. The summed E-state index contributed by atoms with van der Waals surface area (Å²) < 4.78 is 2.61. The van der Waals surface area contributed by atoms with Gasteiger partial charge in [0, 0.05) is 37.2 Å². The molecular weight excluding hydrogens is 647 g/mol. The molecule has 0 unspecified atom stereocenters. The van der Waals surface area contributed by atoms with Crippen LogP contribution in [0.4, 0.5) is 17.1 Å². The zero-order chi connectivity index (χ0) is 34.4. The number of rotatable bonds is 6. The van der Waals surface area contributed by atoms with Crippen LogP contribution in [0.5, 0.6) is 0 Å². The van der Waals surface area contributed by atoms with Crippen LogP contribution in [-0.2, 0) is 0 Å². The number of thiophene rings is 1. The van der Waals surface area contributed by atoms with E-state index in [2.05, 4.69) is 205 Å². The molecule has 9 aromatic carbocycles. The lowest BCUT2D eigenvalue weighted by Gasteiger charge is -2.26. The average molecular weight is 680 g/mol. The molecule has 0 N–H and O–H groups in total. The Labute approximate surface area is 307 Å². The van der Waals surface area contributed by atoms with Crippen molar-refractivity contribution >= 4 is 70.1 Å². The first kappa shape index (κ1) is 30.4. The van der Waals surface area contributed by atoms with Crippen molar-refractivity contribution in [1.82, 2.24) is 0 Å². The molecule has 0 aliphatic rings. The van der Waals surface area contributed by atoms with Crippen LogP contribution in [0.3, 0.4) is 0 Å². The number of anilines is 3. The number of hydrogen-bond acceptors (Lipinski definition) is 2. The number of benzene rings is 9. The van der Waals surface area contributed by atoms with Crippen LogP contribution in [0.1, 0.15) is 0 Å². The molecule has 0 spiro atoms. The Balaban J connectivity index is 1.15. The summed E-state index contributed by atoms with van der Waals surface area (Å²) in [5.41, 5.74) is 10.7. The van der Waals surface area contributed by atoms with E-state index in [1.54, 1.807) is 0 Å². The quantitative estimate of drug-likeness (QED) is 0.169. The smallest absolute Gasteiger partial charge is 0.0468 e. The van der Waals surface area contributed by atoms with E-state index in [0.29, 0.717) is 0 Å². The van der Waals surface area contributed by atoms with E-state index >= 15 is 0 Å². The van der Waals surface area contributed by atoms with Crippen molar-refractivity contribution in [1.29, 1.82) is 0 Å². The van der Waals surface area contributed by atoms with Gasteiger partial charge in [-0.25, -0.2) is 0 Å². The molecule has 0 bridgehead atoms. The van der Waals surface area contributed by atoms with E-state index in [0.717, 1.165) is 17.1 Å². The Kier molecular flexibility index (Phi) is 7.41. The SMILES string of the molecule is c1ccc(-c2cccc3cccc(-c4cccc(N(c5ccc(-c6cccc7ccccc67)cc5)c5ccc6sc7ccccc7c6c5)c4)c23)cc1. The predicted octanol–water partition coefficient (Wildman–Crippen LogP) is 14.8. The molecule has 0 fully saturated rings. The topological polar surface area (TPSA) is 3.24 Å². The zero-order valence-corrected chi connectivity index (χ0v) is 29.2. The van der Waals surface area contributed by atoms with Crippen LogP contribution in [0.2, 0.25) is 0 Å². The lowest BCUT2D eigenvalue weighted by molar-refractivity contribution is 1.29. The van der Waals surface area contributed by atoms with Gasteiger partial charge in [0.05, 0.1) is 0 Å². The molecule has 0 aliphatic carbocycles. The summed E-state index contributed by atoms with van der Waals surface area (Å²) in [6.45, 7) is 0. The summed E-state index contributed by atoms with van der Waals surface area (Å²) in [5.74, 6) is 0. The van der Waals surface area contributed by atoms with Gasteiger partial charge in [0.15, 0.2) is 0 Å². The standard InChI is InChI=1S/C50H33NS/c1-2-12-35(13-3-1)44-23-10-16-37-17-11-24-45(50(37)44)38-18-8-19-40(32-38)51(41-30-31-49-47(33-41)46-21-6-7-25-48(46)52-49)39-28-26-36(27-29-39)43-22-9-15-34-14-4-5-20-42(34)43/h1-33H. The molecular formula is C50H33NS. The second kappa shape index (κ2) is 12.7. The van der Waals surface area contributed by atoms with Gasteiger partial charge < -0.3 is 4.90 Å². The fourth-order valence-electron chi connectivity index (χ4n) is 7.82. The molecule has 1 heterocycles. The maximum atomic E-state index is 2.41. The predicted molar refractivity (Wildman–Crippen MR) is 225 cm³/mol. The van der Waals surface area contributed by atoms with Gasteiger partial charge in [-0.15, -0.1) is 11.3 Å². The Bertz CT molecular complexity index is 2890. The van der Waals surface area contributed by atoms with Gasteiger partial charge in [0.1, 0.15) is 0 Å². The molecule has 2 heteroatoms. The molecule has 0 saturated heterocycles. The van der Waals surface area contributed by atoms with Crippen molar-refractivity contribution < 1.29 is 0 Å². The molecule has 244 valence electrons. The number of hydrogen-bond donors (Lipinski definition) is 0. The Morgan fingerprint density at radius 3 is 1.69 bits per heavy atom. The zero-order valence-electron chi connectivity index (χ0n) is 28.4. The Hall–Kier alpha value is -6.48. The second-order valence-corrected chi connectivity index (χ2v) is 14.4. The van der Waals surface area contributed by atoms with E-state index in [-0.39, 0.29) is 0 Å². The maximum absolute atomic E-state index is 2.41. The average Bonchev–Trinajstić information content (AvgIpc) is 3.59. The lowest BCUT2D eigenvalue weighted by atomic mass is 9.91. The summed E-state index contributed by atoms with van der Waals surface area (Å²) in [6.07, 6.45) is 0. The summed E-state index contributed by atoms with van der Waals surface area (Å²) in [7, 11) is 0. The fourth-order valence-corrected chi connectivity index (χ4v) is 8.91. The highest BCUT2D eigenvalue weighted by atomic mass is 32.1. The largest absolute Gasteiger partial charge is 0.310 e. The van der Waals surface area contributed by atoms with Crippen LogP contribution >= 0.6 is 11.3 Å². The van der Waals surface area contributed by atoms with E-state index in [4.69, 9.17) is 0 Å². The summed E-state index contributed by atoms with van der Waals surface area (Å²) in [6, 6.07) is 73.0. The lowest BCUT2D eigenvalue weighted by Crippen LogP contribution is -2.10. The van der Waals surface area contributed by atoms with Gasteiger partial charge in [-0.2, -0.15) is 0 Å². The van der Waals surface area contributed by atoms with Gasteiger partial charge in [-0.3, -0.25) is 0 Å². The summed E-state index contributed by atoms with van der Waals surface area (Å²) >= 11 is 1.86. The highest BCUT2D eigenvalue weighted by Crippen LogP contribution is 2.43. The highest BCUT2D eigenvalue weighted by Gasteiger charge is 2.17. The fraction of sp³-hybridized carbons (Fsp3) is 0. The van der Waals surface area contributed by atoms with Gasteiger partial charge in [-0.05, 0) is 103 Å². The summed E-state index contributed by atoms with van der Waals surface area (Å²) in [5, 5.41) is 7.61. The molecule has 1 aromatic heterocycles. The van der Waals surface area contributed by atoms with Gasteiger partial charge in [-0.1, -0.05) is 152 Å². The normalized spacial score (nSPS) is 11.5. The first-order chi connectivity index (χ1) is 25.8. The van der Waals surface area contributed by atoms with Crippen molar-refractivity contribution in [2.24, 2.45) is 0 Å². The van der Waals surface area contributed by atoms with Crippen LogP contribution < -0.4 is 4.90 Å². The maximum Gasteiger partial charge on any atom is 0.0468 e. The van der Waals surface area contributed by atoms with Crippen LogP contribution in [-0.4, -0.2) is 0 Å². The van der Waals surface area contributed by atoms with Gasteiger partial charge in [0.2, 0.25) is 0 Å². The first-order valence-corrected chi connectivity index (χ1v) is 18.6. The minimum atomic E-state index is 1.11. The third-order valence-corrected chi connectivity index (χ3v) is 11.4. The monoisotopic (exact) mass is 679 g/mol. The third-order valence-electron chi connectivity index (χ3n) is 10.2. The van der Waals surface area contributed by atoms with Crippen molar-refractivity contribution in [2.75, 3.05) is 4.90 Å². The molecule has 0 amide bonds. The molecule has 10 aromatic rings. The molecule has 52 heavy (non-hydrogen) atoms. The van der Waals surface area contributed by atoms with Crippen molar-refractivity contribution in [3.63, 3.8) is 0 Å². The first-order valence-electron chi connectivity index (χ1n) is 17.8. The summed E-state index contributed by atoms with van der Waals surface area (Å²) in [4.78, 5) is 2.41. The van der Waals surface area contributed by atoms with E-state index < -0.39 is 0 Å². The minimum absolute atomic E-state index is 1.11. The third kappa shape index (κ3) is 5.24. The molecule has 0 radical (unpaired) electrons. The van der Waals surface area contributed by atoms with Crippen molar-refractivity contribution in [3.05, 3.63) is 200 Å². The minimum Gasteiger partial charge on any atom is -0.310 e.